The minimum Gasteiger partial charge on any atom is -0.350 e. The Balaban J connectivity index is 1.41. The summed E-state index contributed by atoms with van der Waals surface area (Å²) in [6.07, 6.45) is 2.06. The summed E-state index contributed by atoms with van der Waals surface area (Å²) in [6, 6.07) is 7.64. The van der Waals surface area contributed by atoms with Crippen molar-refractivity contribution in [2.75, 3.05) is 37.7 Å². The zero-order valence-electron chi connectivity index (χ0n) is 14.6. The summed E-state index contributed by atoms with van der Waals surface area (Å²) in [5.41, 5.74) is 0.837. The Kier molecular flexibility index (Phi) is 5.29. The van der Waals surface area contributed by atoms with Gasteiger partial charge in [-0.3, -0.25) is 9.59 Å². The maximum Gasteiger partial charge on any atom is 0.228 e. The van der Waals surface area contributed by atoms with Crippen molar-refractivity contribution in [2.24, 2.45) is 11.8 Å². The molecular formula is C19H23BrN2O4. The molecule has 1 aromatic carbocycles. The standard InChI is InChI=1S/C19H23BrN2O4/c20-15-4-1-5-16(10-15)22-12-14(9-17(22)23)18(24)21-6-2-3-13(11-21)19-25-7-8-26-19/h1,4-5,10,13-14,19H,2-3,6-9,11-12H2. The summed E-state index contributed by atoms with van der Waals surface area (Å²) in [6.45, 7) is 3.13. The van der Waals surface area contributed by atoms with E-state index in [2.05, 4.69) is 15.9 Å². The van der Waals surface area contributed by atoms with Gasteiger partial charge in [0.25, 0.3) is 0 Å². The predicted molar refractivity (Wildman–Crippen MR) is 99.6 cm³/mol. The van der Waals surface area contributed by atoms with Gasteiger partial charge in [-0.2, -0.15) is 0 Å². The molecule has 2 amide bonds. The van der Waals surface area contributed by atoms with E-state index >= 15 is 0 Å². The second-order valence-electron chi connectivity index (χ2n) is 7.18. The fourth-order valence-electron chi connectivity index (χ4n) is 4.11. The van der Waals surface area contributed by atoms with Crippen molar-refractivity contribution in [3.63, 3.8) is 0 Å². The summed E-state index contributed by atoms with van der Waals surface area (Å²) in [4.78, 5) is 29.1. The molecule has 3 fully saturated rings. The first-order chi connectivity index (χ1) is 12.6. The first-order valence-electron chi connectivity index (χ1n) is 9.20. The second-order valence-corrected chi connectivity index (χ2v) is 8.10. The molecule has 1 aromatic rings. The van der Waals surface area contributed by atoms with Crippen LogP contribution >= 0.6 is 15.9 Å². The molecule has 0 aromatic heterocycles. The minimum absolute atomic E-state index is 0.0115. The van der Waals surface area contributed by atoms with E-state index in [9.17, 15) is 9.59 Å². The van der Waals surface area contributed by atoms with Crippen LogP contribution in [0.25, 0.3) is 0 Å². The average Bonchev–Trinajstić information content (AvgIpc) is 3.31. The molecule has 140 valence electrons. The van der Waals surface area contributed by atoms with E-state index in [1.54, 1.807) is 4.90 Å². The van der Waals surface area contributed by atoms with Crippen LogP contribution in [0.1, 0.15) is 19.3 Å². The number of piperidine rings is 1. The average molecular weight is 423 g/mol. The van der Waals surface area contributed by atoms with Crippen molar-refractivity contribution in [3.05, 3.63) is 28.7 Å². The monoisotopic (exact) mass is 422 g/mol. The van der Waals surface area contributed by atoms with E-state index in [4.69, 9.17) is 9.47 Å². The Morgan fingerprint density at radius 2 is 2.00 bits per heavy atom. The van der Waals surface area contributed by atoms with Crippen LogP contribution in [0.2, 0.25) is 0 Å². The molecule has 3 aliphatic heterocycles. The number of amides is 2. The molecule has 26 heavy (non-hydrogen) atoms. The number of ether oxygens (including phenoxy) is 2. The highest BCUT2D eigenvalue weighted by atomic mass is 79.9. The summed E-state index contributed by atoms with van der Waals surface area (Å²) < 4.78 is 12.2. The number of benzene rings is 1. The molecule has 4 rings (SSSR count). The molecule has 0 radical (unpaired) electrons. The van der Waals surface area contributed by atoms with Crippen molar-refractivity contribution in [1.29, 1.82) is 0 Å². The van der Waals surface area contributed by atoms with Crippen LogP contribution in [0.5, 0.6) is 0 Å². The van der Waals surface area contributed by atoms with Gasteiger partial charge in [-0.15, -0.1) is 0 Å². The molecule has 3 heterocycles. The summed E-state index contributed by atoms with van der Waals surface area (Å²) in [5.74, 6) is 0.0511. The van der Waals surface area contributed by atoms with Gasteiger partial charge in [0.15, 0.2) is 6.29 Å². The number of hydrogen-bond donors (Lipinski definition) is 0. The van der Waals surface area contributed by atoms with Gasteiger partial charge < -0.3 is 19.3 Å². The Labute approximate surface area is 161 Å². The highest BCUT2D eigenvalue weighted by Crippen LogP contribution is 2.30. The van der Waals surface area contributed by atoms with Gasteiger partial charge >= 0.3 is 0 Å². The topological polar surface area (TPSA) is 59.1 Å². The van der Waals surface area contributed by atoms with Crippen LogP contribution in [0, 0.1) is 11.8 Å². The lowest BCUT2D eigenvalue weighted by Crippen LogP contribution is -2.46. The van der Waals surface area contributed by atoms with Gasteiger partial charge in [0.05, 0.1) is 19.1 Å². The van der Waals surface area contributed by atoms with Crippen molar-refractivity contribution in [3.8, 4) is 0 Å². The highest BCUT2D eigenvalue weighted by Gasteiger charge is 2.40. The third-order valence-electron chi connectivity index (χ3n) is 5.40. The van der Waals surface area contributed by atoms with Gasteiger partial charge in [-0.25, -0.2) is 0 Å². The largest absolute Gasteiger partial charge is 0.350 e. The lowest BCUT2D eigenvalue weighted by Gasteiger charge is -2.35. The van der Waals surface area contributed by atoms with Gasteiger partial charge in [0.2, 0.25) is 11.8 Å². The number of carbonyl (C=O) groups is 2. The van der Waals surface area contributed by atoms with Gasteiger partial charge in [0, 0.05) is 42.1 Å². The summed E-state index contributed by atoms with van der Waals surface area (Å²) in [7, 11) is 0. The Morgan fingerprint density at radius 3 is 2.77 bits per heavy atom. The van der Waals surface area contributed by atoms with E-state index in [0.717, 1.165) is 29.5 Å². The Bertz CT molecular complexity index is 692. The first-order valence-corrected chi connectivity index (χ1v) is 9.99. The van der Waals surface area contributed by atoms with Crippen LogP contribution in [0.3, 0.4) is 0 Å². The third-order valence-corrected chi connectivity index (χ3v) is 5.89. The van der Waals surface area contributed by atoms with Crippen LogP contribution < -0.4 is 4.90 Å². The molecule has 0 N–H and O–H groups in total. The normalized spacial score (nSPS) is 27.3. The zero-order valence-corrected chi connectivity index (χ0v) is 16.2. The van der Waals surface area contributed by atoms with Crippen LogP contribution in [-0.2, 0) is 19.1 Å². The molecule has 0 bridgehead atoms. The molecule has 3 aliphatic rings. The molecule has 0 aliphatic carbocycles. The van der Waals surface area contributed by atoms with Crippen molar-refractivity contribution in [2.45, 2.75) is 25.6 Å². The first kappa shape index (κ1) is 17.9. The Morgan fingerprint density at radius 1 is 1.19 bits per heavy atom. The van der Waals surface area contributed by atoms with Gasteiger partial charge in [0.1, 0.15) is 0 Å². The molecule has 6 nitrogen and oxygen atoms in total. The fourth-order valence-corrected chi connectivity index (χ4v) is 4.49. The molecular weight excluding hydrogens is 400 g/mol. The van der Waals surface area contributed by atoms with Crippen LogP contribution in [0.15, 0.2) is 28.7 Å². The maximum absolute atomic E-state index is 13.0. The van der Waals surface area contributed by atoms with Crippen LogP contribution in [0.4, 0.5) is 5.69 Å². The second kappa shape index (κ2) is 7.66. The van der Waals surface area contributed by atoms with Crippen molar-refractivity contribution in [1.82, 2.24) is 4.90 Å². The molecule has 2 atom stereocenters. The van der Waals surface area contributed by atoms with E-state index in [1.807, 2.05) is 29.2 Å². The van der Waals surface area contributed by atoms with E-state index in [1.165, 1.54) is 0 Å². The quantitative estimate of drug-likeness (QED) is 0.750. The smallest absolute Gasteiger partial charge is 0.228 e. The number of nitrogens with zero attached hydrogens (tertiary/aromatic N) is 2. The number of rotatable bonds is 3. The van der Waals surface area contributed by atoms with Gasteiger partial charge in [-0.05, 0) is 31.0 Å². The SMILES string of the molecule is O=C(C1CC(=O)N(c2cccc(Br)c2)C1)N1CCCC(C2OCCO2)C1. The minimum atomic E-state index is -0.273. The van der Waals surface area contributed by atoms with Crippen molar-refractivity contribution < 1.29 is 19.1 Å². The van der Waals surface area contributed by atoms with Crippen LogP contribution in [-0.4, -0.2) is 55.9 Å². The maximum atomic E-state index is 13.0. The van der Waals surface area contributed by atoms with E-state index < -0.39 is 0 Å². The van der Waals surface area contributed by atoms with Gasteiger partial charge in [-0.1, -0.05) is 22.0 Å². The number of anilines is 1. The van der Waals surface area contributed by atoms with Crippen molar-refractivity contribution >= 4 is 33.4 Å². The number of halogens is 1. The lowest BCUT2D eigenvalue weighted by molar-refractivity contribution is -0.143. The third kappa shape index (κ3) is 3.66. The molecule has 0 saturated carbocycles. The Hall–Kier alpha value is -1.44. The predicted octanol–water partition coefficient (Wildman–Crippen LogP) is 2.41. The summed E-state index contributed by atoms with van der Waals surface area (Å²) in [5, 5.41) is 0. The molecule has 3 saturated heterocycles. The fraction of sp³-hybridized carbons (Fsp3) is 0.579. The number of likely N-dealkylation sites (tertiary alicyclic amines) is 1. The number of carbonyl (C=O) groups excluding carboxylic acids is 2. The highest BCUT2D eigenvalue weighted by molar-refractivity contribution is 9.10. The lowest BCUT2D eigenvalue weighted by atomic mass is 9.95. The van der Waals surface area contributed by atoms with E-state index in [-0.39, 0.29) is 36.4 Å². The molecule has 2 unspecified atom stereocenters. The van der Waals surface area contributed by atoms with E-state index in [0.29, 0.717) is 26.3 Å². The molecule has 0 spiro atoms. The zero-order chi connectivity index (χ0) is 18.1. The number of hydrogen-bond acceptors (Lipinski definition) is 4. The molecule has 7 heteroatoms. The summed E-state index contributed by atoms with van der Waals surface area (Å²) >= 11 is 3.44.